The van der Waals surface area contributed by atoms with Crippen LogP contribution in [-0.2, 0) is 44.9 Å². The van der Waals surface area contributed by atoms with Crippen molar-refractivity contribution < 1.29 is 9.90 Å². The van der Waals surface area contributed by atoms with Gasteiger partial charge >= 0.3 is 0 Å². The highest BCUT2D eigenvalue weighted by Gasteiger charge is 2.37. The van der Waals surface area contributed by atoms with Crippen molar-refractivity contribution in [3.8, 4) is 0 Å². The molecule has 9 N–H and O–H groups in total. The minimum atomic E-state index is -0.383. The summed E-state index contributed by atoms with van der Waals surface area (Å²) in [6, 6.07) is 135. The summed E-state index contributed by atoms with van der Waals surface area (Å²) in [5.41, 5.74) is 44.9. The zero-order chi connectivity index (χ0) is 99.8. The number of carbonyl (C=O) groups is 1. The lowest BCUT2D eigenvalue weighted by Gasteiger charge is -2.24. The third-order valence-corrected chi connectivity index (χ3v) is 31.9. The average molecular weight is 1930 g/mol. The lowest BCUT2D eigenvalue weighted by molar-refractivity contribution is 0.0981. The smallest absolute Gasteiger partial charge is 0.176 e. The predicted octanol–water partition coefficient (Wildman–Crippen LogP) is 33.7. The number of ketones is 1. The minimum absolute atomic E-state index is 0.0137. The molecular formula is C139H114N8O2. The van der Waals surface area contributed by atoms with Crippen LogP contribution in [0.25, 0.3) is 131 Å². The Kier molecular flexibility index (Phi) is 25.2. The summed E-state index contributed by atoms with van der Waals surface area (Å²) in [4.78, 5) is 41.3. The molecule has 24 aromatic rings. The molecule has 0 amide bonds. The summed E-state index contributed by atoms with van der Waals surface area (Å²) < 4.78 is 0. The van der Waals surface area contributed by atoms with Crippen LogP contribution in [0, 0.1) is 0 Å². The van der Waals surface area contributed by atoms with E-state index in [1.54, 1.807) is 0 Å². The van der Waals surface area contributed by atoms with Gasteiger partial charge in [0.25, 0.3) is 0 Å². The number of rotatable bonds is 18. The number of hydrogen-bond donors (Lipinski definition) is 9. The van der Waals surface area contributed by atoms with Gasteiger partial charge in [0, 0.05) is 166 Å². The van der Waals surface area contributed by atoms with Gasteiger partial charge in [-0.25, -0.2) is 0 Å². The zero-order valence-electron chi connectivity index (χ0n) is 83.4. The van der Waals surface area contributed by atoms with Crippen molar-refractivity contribution in [2.24, 2.45) is 0 Å². The van der Waals surface area contributed by atoms with Crippen LogP contribution in [0.5, 0.6) is 0 Å². The molecule has 5 unspecified atom stereocenters. The van der Waals surface area contributed by atoms with Crippen molar-refractivity contribution >= 4 is 137 Å². The van der Waals surface area contributed by atoms with E-state index < -0.39 is 0 Å². The van der Waals surface area contributed by atoms with Gasteiger partial charge in [-0.15, -0.1) is 0 Å². The zero-order valence-corrected chi connectivity index (χ0v) is 83.4. The van der Waals surface area contributed by atoms with Crippen LogP contribution in [0.4, 0.5) is 0 Å². The highest BCUT2D eigenvalue weighted by atomic mass is 16.3. The van der Waals surface area contributed by atoms with E-state index in [1.807, 2.05) is 61.8 Å². The lowest BCUT2D eigenvalue weighted by atomic mass is 9.80. The van der Waals surface area contributed by atoms with Crippen molar-refractivity contribution in [3.63, 3.8) is 0 Å². The van der Waals surface area contributed by atoms with Gasteiger partial charge in [0.2, 0.25) is 0 Å². The Balaban J connectivity index is 0.0000000934. The SMILES string of the molecule is C1=C(C(c2c[nH]c3ccccc23)c2c[nH]c3ccccc23)c2ccccc2C1.C1=C(C(c2cccc3ccccc23)c2c[nH]c3ccccc23)c2ccccc2C1.C1=C(Cc2c[nH]c3ccccc23)c2ccccc2C1.CC(C1=CCc2ccccc21)c1c[nH]c2ccccc12.CCC(O)C(C1=CCc2ccccc21)c1c[nH]c2ccccc12.O=C(c1c[nH]c2ccccc12)C(C1=CCc2ccccc21)c1c[nH]c2ccccc12. The predicted molar refractivity (Wildman–Crippen MR) is 621 cm³/mol. The number of aromatic nitrogens is 8. The highest BCUT2D eigenvalue weighted by molar-refractivity contribution is 6.17. The van der Waals surface area contributed by atoms with E-state index in [1.165, 1.54) is 204 Å². The average Bonchev–Trinajstić information content (AvgIpc) is 1.61. The number of fused-ring (bicyclic) bond motifs is 15. The molecule has 16 aromatic carbocycles. The van der Waals surface area contributed by atoms with E-state index in [4.69, 9.17) is 0 Å². The van der Waals surface area contributed by atoms with Gasteiger partial charge in [-0.1, -0.05) is 384 Å². The normalized spacial score (nSPS) is 14.4. The van der Waals surface area contributed by atoms with Crippen LogP contribution < -0.4 is 0 Å². The van der Waals surface area contributed by atoms with E-state index in [-0.39, 0.29) is 35.6 Å². The molecule has 6 aliphatic carbocycles. The van der Waals surface area contributed by atoms with Crippen molar-refractivity contribution in [3.05, 3.63) is 585 Å². The van der Waals surface area contributed by atoms with Gasteiger partial charge in [-0.05, 0) is 255 Å². The topological polar surface area (TPSA) is 164 Å². The molecule has 0 aliphatic heterocycles. The Bertz CT molecular complexity index is 9310. The number of carbonyl (C=O) groups excluding carboxylic acids is 1. The van der Waals surface area contributed by atoms with E-state index in [0.717, 1.165) is 95.4 Å². The second-order valence-corrected chi connectivity index (χ2v) is 40.1. The largest absolute Gasteiger partial charge is 0.392 e. The van der Waals surface area contributed by atoms with Crippen molar-refractivity contribution in [1.29, 1.82) is 0 Å². The summed E-state index contributed by atoms with van der Waals surface area (Å²) in [5.74, 6) is 0.593. The van der Waals surface area contributed by atoms with Crippen LogP contribution in [0.3, 0.4) is 0 Å². The van der Waals surface area contributed by atoms with Gasteiger partial charge in [0.15, 0.2) is 5.78 Å². The van der Waals surface area contributed by atoms with E-state index >= 15 is 0 Å². The van der Waals surface area contributed by atoms with Gasteiger partial charge in [0.05, 0.1) is 12.0 Å². The Morgan fingerprint density at radius 3 is 1.03 bits per heavy atom. The number of H-pyrrole nitrogens is 8. The van der Waals surface area contributed by atoms with Crippen LogP contribution in [-0.4, -0.2) is 56.9 Å². The molecule has 149 heavy (non-hydrogen) atoms. The van der Waals surface area contributed by atoms with Crippen LogP contribution in [0.2, 0.25) is 0 Å². The first kappa shape index (κ1) is 92.3. The second kappa shape index (κ2) is 40.6. The second-order valence-electron chi connectivity index (χ2n) is 40.1. The Hall–Kier alpha value is -17.8. The first-order valence-electron chi connectivity index (χ1n) is 52.5. The van der Waals surface area contributed by atoms with Crippen molar-refractivity contribution in [1.82, 2.24) is 39.9 Å². The third-order valence-electron chi connectivity index (χ3n) is 31.9. The number of aromatic amines is 8. The first-order valence-corrected chi connectivity index (χ1v) is 52.5. The molecule has 722 valence electrons. The van der Waals surface area contributed by atoms with Crippen LogP contribution in [0.15, 0.2) is 468 Å². The lowest BCUT2D eigenvalue weighted by Crippen LogP contribution is -2.18. The number of benzene rings is 16. The first-order chi connectivity index (χ1) is 73.7. The molecule has 0 radical (unpaired) electrons. The fourth-order valence-electron chi connectivity index (χ4n) is 24.6. The summed E-state index contributed by atoms with van der Waals surface area (Å²) in [6.45, 7) is 4.36. The maximum Gasteiger partial charge on any atom is 0.176 e. The number of aliphatic hydroxyl groups is 1. The molecule has 30 rings (SSSR count). The highest BCUT2D eigenvalue weighted by Crippen LogP contribution is 2.52. The maximum atomic E-state index is 14.1. The molecule has 6 aliphatic rings. The molecule has 5 atom stereocenters. The number of hydrogen-bond acceptors (Lipinski definition) is 2. The maximum absolute atomic E-state index is 14.1. The number of para-hydroxylation sites is 8. The molecular weight excluding hydrogens is 1810 g/mol. The van der Waals surface area contributed by atoms with E-state index in [0.29, 0.717) is 5.92 Å². The van der Waals surface area contributed by atoms with Gasteiger partial charge in [-0.2, -0.15) is 0 Å². The third kappa shape index (κ3) is 17.5. The molecule has 0 saturated carbocycles. The summed E-state index contributed by atoms with van der Waals surface area (Å²) in [6.07, 6.45) is 38.3. The molecule has 10 nitrogen and oxygen atoms in total. The number of allylic oxidation sites excluding steroid dienone is 11. The number of aliphatic hydroxyl groups excluding tert-OH is 1. The summed E-state index contributed by atoms with van der Waals surface area (Å²) in [7, 11) is 0. The van der Waals surface area contributed by atoms with Crippen molar-refractivity contribution in [2.45, 2.75) is 101 Å². The molecule has 0 bridgehead atoms. The summed E-state index contributed by atoms with van der Waals surface area (Å²) in [5, 5.41) is 23.2. The van der Waals surface area contributed by atoms with Gasteiger partial charge < -0.3 is 45.0 Å². The minimum Gasteiger partial charge on any atom is -0.392 e. The Morgan fingerprint density at radius 2 is 0.550 bits per heavy atom. The number of nitrogens with one attached hydrogen (secondary N) is 8. The van der Waals surface area contributed by atoms with Crippen molar-refractivity contribution in [2.75, 3.05) is 0 Å². The standard InChI is InChI=1S/C28H21N.C27H20N2O.C26H20N2.C21H21NO.C19H17N.C18H15N/c1-3-11-21-19(8-1)10-7-14-24(21)28(25-17-16-20-9-2-4-12-22(20)25)26-18-29-27-15-6-5-13-23(26)27;30-27(23-16-29-25-12-6-4-10-20(23)25)26(21-14-13-17-7-1-2-8-18(17)21)22-15-28-24-11-5-3-9-19(22)24;1-2-8-18-17(7-1)13-14-21(18)26(22-15-27-24-11-5-3-9-19(22)24)23-16-28-25-12-6-4-10-20(23)25;1-2-20(23)21(17-12-11-14-7-3-4-8-15(14)17)18-13-22-19-10-6-5-9-16(18)19;1-13(15-11-10-14-6-2-3-7-16(14)15)18-12-20-19-9-5-4-8-17(18)19;1-2-6-16-13(5-1)9-10-14(16)11-15-12-19-18-8-4-3-7-17(15)18/h1-15,17-18,28-29H,16H2;1-12,14-16,26,28-29H,13H2;1-12,14-16,26-28H,13H2;3-10,12-13,20-23H,2,11H2,1H3;2-9,11-13,20H,10H2,1H3;1-8,10,12,19H,9,11H2. The molecule has 0 spiro atoms. The fraction of sp³-hybridized carbons (Fsp3) is 0.115. The van der Waals surface area contributed by atoms with Gasteiger partial charge in [-0.3, -0.25) is 4.79 Å². The molecule has 0 saturated heterocycles. The quantitative estimate of drug-likeness (QED) is 0.0391. The van der Waals surface area contributed by atoms with E-state index in [2.05, 4.69) is 460 Å². The monoisotopic (exact) mass is 1930 g/mol. The Morgan fingerprint density at radius 1 is 0.255 bits per heavy atom. The Labute approximate surface area is 866 Å². The van der Waals surface area contributed by atoms with E-state index in [9.17, 15) is 9.90 Å². The fourth-order valence-corrected chi connectivity index (χ4v) is 24.6. The molecule has 0 fully saturated rings. The molecule has 8 aromatic heterocycles. The van der Waals surface area contributed by atoms with Gasteiger partial charge in [0.1, 0.15) is 0 Å². The number of Topliss-reactive ketones (excluding diaryl/α,β-unsaturated/α-hetero) is 1. The van der Waals surface area contributed by atoms with Crippen LogP contribution in [0.1, 0.15) is 171 Å². The molecule has 8 heterocycles. The summed E-state index contributed by atoms with van der Waals surface area (Å²) >= 11 is 0. The molecule has 10 heteroatoms. The van der Waals surface area contributed by atoms with Crippen LogP contribution >= 0.6 is 0 Å².